The summed E-state index contributed by atoms with van der Waals surface area (Å²) in [4.78, 5) is 13.8. The average Bonchev–Trinajstić information content (AvgIpc) is 2.48. The van der Waals surface area contributed by atoms with E-state index in [1.165, 1.54) is 6.08 Å². The second kappa shape index (κ2) is 7.12. The second-order valence-electron chi connectivity index (χ2n) is 4.07. The number of hydrogen-bond donors (Lipinski definition) is 0. The second-order valence-corrected chi connectivity index (χ2v) is 4.07. The van der Waals surface area contributed by atoms with Gasteiger partial charge in [0.25, 0.3) is 0 Å². The van der Waals surface area contributed by atoms with E-state index in [4.69, 9.17) is 9.47 Å². The van der Waals surface area contributed by atoms with Crippen LogP contribution in [0.4, 0.5) is 5.69 Å². The van der Waals surface area contributed by atoms with Crippen LogP contribution in [0.3, 0.4) is 0 Å². The Bertz CT molecular complexity index is 601. The third-order valence-electron chi connectivity index (χ3n) is 2.63. The minimum absolute atomic E-state index is 0.413. The normalized spacial score (nSPS) is 9.65. The number of rotatable bonds is 6. The van der Waals surface area contributed by atoms with Crippen LogP contribution >= 0.6 is 0 Å². The quantitative estimate of drug-likeness (QED) is 0.594. The Labute approximate surface area is 117 Å². The standard InChI is InChI=1S/C16H15NO3/c1-2-19-15-6-8-16(9-7-15)20-11-13-4-3-5-14(10-13)17-12-18/h3-10H,2,11H2,1H3. The van der Waals surface area contributed by atoms with Gasteiger partial charge in [0.05, 0.1) is 12.3 Å². The van der Waals surface area contributed by atoms with Gasteiger partial charge in [-0.15, -0.1) is 0 Å². The molecule has 0 bridgehead atoms. The van der Waals surface area contributed by atoms with E-state index in [1.807, 2.05) is 43.3 Å². The van der Waals surface area contributed by atoms with Crippen molar-refractivity contribution in [3.05, 3.63) is 54.1 Å². The Hall–Kier alpha value is -2.58. The van der Waals surface area contributed by atoms with E-state index >= 15 is 0 Å². The van der Waals surface area contributed by atoms with Crippen molar-refractivity contribution in [3.8, 4) is 11.5 Å². The zero-order valence-electron chi connectivity index (χ0n) is 11.2. The van der Waals surface area contributed by atoms with Crippen LogP contribution in [0.5, 0.6) is 11.5 Å². The van der Waals surface area contributed by atoms with Crippen molar-refractivity contribution in [3.63, 3.8) is 0 Å². The zero-order valence-corrected chi connectivity index (χ0v) is 11.2. The van der Waals surface area contributed by atoms with Gasteiger partial charge in [0, 0.05) is 0 Å². The molecule has 0 aliphatic heterocycles. The number of ether oxygens (including phenoxy) is 2. The lowest BCUT2D eigenvalue weighted by atomic mass is 10.2. The molecule has 0 unspecified atom stereocenters. The smallest absolute Gasteiger partial charge is 0.240 e. The van der Waals surface area contributed by atoms with Gasteiger partial charge >= 0.3 is 0 Å². The molecule has 0 saturated carbocycles. The summed E-state index contributed by atoms with van der Waals surface area (Å²) < 4.78 is 11.0. The maximum atomic E-state index is 10.2. The molecule has 20 heavy (non-hydrogen) atoms. The van der Waals surface area contributed by atoms with E-state index in [1.54, 1.807) is 12.1 Å². The molecule has 4 heteroatoms. The molecule has 0 aromatic heterocycles. The van der Waals surface area contributed by atoms with E-state index in [0.717, 1.165) is 17.1 Å². The highest BCUT2D eigenvalue weighted by Gasteiger charge is 1.99. The number of isocyanates is 1. The molecule has 0 aliphatic rings. The number of hydrogen-bond acceptors (Lipinski definition) is 4. The third-order valence-corrected chi connectivity index (χ3v) is 2.63. The summed E-state index contributed by atoms with van der Waals surface area (Å²) >= 11 is 0. The van der Waals surface area contributed by atoms with Crippen LogP contribution in [-0.2, 0) is 11.4 Å². The molecule has 0 radical (unpaired) electrons. The lowest BCUT2D eigenvalue weighted by Crippen LogP contribution is -1.95. The molecule has 0 heterocycles. The molecule has 0 atom stereocenters. The summed E-state index contributed by atoms with van der Waals surface area (Å²) in [5.41, 5.74) is 1.52. The van der Waals surface area contributed by atoms with Gasteiger partial charge in [0.1, 0.15) is 18.1 Å². The molecule has 2 rings (SSSR count). The molecule has 4 nitrogen and oxygen atoms in total. The van der Waals surface area contributed by atoms with Crippen molar-refractivity contribution >= 4 is 11.8 Å². The Morgan fingerprint density at radius 3 is 2.40 bits per heavy atom. The van der Waals surface area contributed by atoms with Crippen LogP contribution in [0.15, 0.2) is 53.5 Å². The van der Waals surface area contributed by atoms with Gasteiger partial charge in [-0.25, -0.2) is 4.79 Å². The average molecular weight is 269 g/mol. The summed E-state index contributed by atoms with van der Waals surface area (Å²) in [6.07, 6.45) is 1.52. The number of aliphatic imine (C=N–C) groups is 1. The molecule has 0 aliphatic carbocycles. The molecule has 0 spiro atoms. The lowest BCUT2D eigenvalue weighted by Gasteiger charge is -2.08. The topological polar surface area (TPSA) is 47.9 Å². The van der Waals surface area contributed by atoms with Crippen molar-refractivity contribution in [2.45, 2.75) is 13.5 Å². The lowest BCUT2D eigenvalue weighted by molar-refractivity contribution is 0.304. The first-order valence-corrected chi connectivity index (χ1v) is 6.34. The monoisotopic (exact) mass is 269 g/mol. The molecule has 0 fully saturated rings. The summed E-state index contributed by atoms with van der Waals surface area (Å²) in [6.45, 7) is 3.00. The van der Waals surface area contributed by atoms with Gasteiger partial charge in [-0.05, 0) is 48.9 Å². The minimum Gasteiger partial charge on any atom is -0.494 e. The summed E-state index contributed by atoms with van der Waals surface area (Å²) in [5.74, 6) is 1.58. The maximum Gasteiger partial charge on any atom is 0.240 e. The highest BCUT2D eigenvalue weighted by Crippen LogP contribution is 2.20. The van der Waals surface area contributed by atoms with E-state index in [9.17, 15) is 4.79 Å². The van der Waals surface area contributed by atoms with Crippen LogP contribution in [0.1, 0.15) is 12.5 Å². The van der Waals surface area contributed by atoms with Gasteiger partial charge < -0.3 is 9.47 Å². The molecule has 2 aromatic carbocycles. The van der Waals surface area contributed by atoms with Crippen LogP contribution in [0, 0.1) is 0 Å². The number of carbonyl (C=O) groups excluding carboxylic acids is 1. The van der Waals surface area contributed by atoms with Crippen LogP contribution in [0.25, 0.3) is 0 Å². The van der Waals surface area contributed by atoms with Gasteiger partial charge in [-0.1, -0.05) is 12.1 Å². The van der Waals surface area contributed by atoms with Crippen molar-refractivity contribution in [1.82, 2.24) is 0 Å². The summed E-state index contributed by atoms with van der Waals surface area (Å²) in [7, 11) is 0. The first-order valence-electron chi connectivity index (χ1n) is 6.34. The van der Waals surface area contributed by atoms with Gasteiger partial charge in [-0.3, -0.25) is 0 Å². The summed E-state index contributed by atoms with van der Waals surface area (Å²) in [6, 6.07) is 14.7. The molecule has 102 valence electrons. The predicted molar refractivity (Wildman–Crippen MR) is 76.2 cm³/mol. The van der Waals surface area contributed by atoms with E-state index in [-0.39, 0.29) is 0 Å². The molecule has 0 N–H and O–H groups in total. The first-order chi connectivity index (χ1) is 9.81. The minimum atomic E-state index is 0.413. The first kappa shape index (κ1) is 13.8. The van der Waals surface area contributed by atoms with Crippen LogP contribution < -0.4 is 9.47 Å². The largest absolute Gasteiger partial charge is 0.494 e. The Morgan fingerprint density at radius 2 is 1.75 bits per heavy atom. The molecular formula is C16H15NO3. The fourth-order valence-corrected chi connectivity index (χ4v) is 1.73. The van der Waals surface area contributed by atoms with E-state index < -0.39 is 0 Å². The fraction of sp³-hybridized carbons (Fsp3) is 0.188. The van der Waals surface area contributed by atoms with Crippen molar-refractivity contribution < 1.29 is 14.3 Å². The molecule has 0 saturated heterocycles. The SMILES string of the molecule is CCOc1ccc(OCc2cccc(N=C=O)c2)cc1. The number of benzene rings is 2. The van der Waals surface area contributed by atoms with E-state index in [0.29, 0.717) is 18.9 Å². The highest BCUT2D eigenvalue weighted by atomic mass is 16.5. The van der Waals surface area contributed by atoms with E-state index in [2.05, 4.69) is 4.99 Å². The van der Waals surface area contributed by atoms with Crippen molar-refractivity contribution in [2.75, 3.05) is 6.61 Å². The fourth-order valence-electron chi connectivity index (χ4n) is 1.73. The Morgan fingerprint density at radius 1 is 1.05 bits per heavy atom. The van der Waals surface area contributed by atoms with Gasteiger partial charge in [-0.2, -0.15) is 4.99 Å². The zero-order chi connectivity index (χ0) is 14.2. The highest BCUT2D eigenvalue weighted by molar-refractivity contribution is 5.49. The molecular weight excluding hydrogens is 254 g/mol. The van der Waals surface area contributed by atoms with Crippen LogP contribution in [-0.4, -0.2) is 12.7 Å². The summed E-state index contributed by atoms with van der Waals surface area (Å²) in [5, 5.41) is 0. The van der Waals surface area contributed by atoms with Gasteiger partial charge in [0.15, 0.2) is 0 Å². The maximum absolute atomic E-state index is 10.2. The predicted octanol–water partition coefficient (Wildman–Crippen LogP) is 3.63. The molecule has 2 aromatic rings. The van der Waals surface area contributed by atoms with Gasteiger partial charge in [0.2, 0.25) is 6.08 Å². The van der Waals surface area contributed by atoms with Crippen LogP contribution in [0.2, 0.25) is 0 Å². The third kappa shape index (κ3) is 3.97. The van der Waals surface area contributed by atoms with Crippen molar-refractivity contribution in [2.24, 2.45) is 4.99 Å². The Balaban J connectivity index is 1.97. The molecule has 0 amide bonds. The Kier molecular flexibility index (Phi) is 4.93. The number of nitrogens with zero attached hydrogens (tertiary/aromatic N) is 1. The van der Waals surface area contributed by atoms with Crippen molar-refractivity contribution in [1.29, 1.82) is 0 Å².